The van der Waals surface area contributed by atoms with Crippen molar-refractivity contribution in [1.82, 2.24) is 18.9 Å². The molecule has 0 saturated carbocycles. The van der Waals surface area contributed by atoms with Gasteiger partial charge in [0.05, 0.1) is 5.69 Å². The molecule has 150 valence electrons. The number of benzene rings is 1. The van der Waals surface area contributed by atoms with Crippen molar-refractivity contribution in [3.63, 3.8) is 0 Å². The van der Waals surface area contributed by atoms with E-state index in [1.54, 1.807) is 33.5 Å². The topological polar surface area (TPSA) is 59.6 Å². The number of halogens is 1. The molecule has 4 rings (SSSR count). The number of rotatable bonds is 5. The van der Waals surface area contributed by atoms with Gasteiger partial charge in [-0.1, -0.05) is 42.8 Å². The Labute approximate surface area is 174 Å². The lowest BCUT2D eigenvalue weighted by molar-refractivity contribution is 0.0728. The molecule has 1 fully saturated rings. The van der Waals surface area contributed by atoms with E-state index < -0.39 is 0 Å². The van der Waals surface area contributed by atoms with Crippen LogP contribution in [-0.4, -0.2) is 37.3 Å². The molecule has 1 aliphatic rings. The second-order valence-corrected chi connectivity index (χ2v) is 7.67. The number of fused-ring (bicyclic) bond motifs is 1. The van der Waals surface area contributed by atoms with Crippen LogP contribution in [0.1, 0.15) is 36.7 Å². The van der Waals surface area contributed by atoms with Crippen molar-refractivity contribution in [2.75, 3.05) is 6.54 Å². The van der Waals surface area contributed by atoms with Crippen molar-refractivity contribution in [2.45, 2.75) is 38.8 Å². The number of carbonyl (C=O) groups excluding carboxylic acids is 1. The van der Waals surface area contributed by atoms with Gasteiger partial charge in [-0.05, 0) is 25.3 Å². The molecule has 0 bridgehead atoms. The Morgan fingerprint density at radius 1 is 1.34 bits per heavy atom. The number of nitrogens with zero attached hydrogens (tertiary/aromatic N) is 4. The maximum absolute atomic E-state index is 13.2. The molecule has 3 heterocycles. The second-order valence-electron chi connectivity index (χ2n) is 7.26. The van der Waals surface area contributed by atoms with Crippen molar-refractivity contribution in [3.05, 3.63) is 70.4 Å². The molecule has 0 unspecified atom stereocenters. The lowest BCUT2D eigenvalue weighted by Gasteiger charge is -2.22. The first kappa shape index (κ1) is 19.5. The normalized spacial score (nSPS) is 16.5. The third-order valence-electron chi connectivity index (χ3n) is 5.51. The number of carbonyl (C=O) groups is 1. The molecule has 6 nitrogen and oxygen atoms in total. The molecule has 1 atom stereocenters. The van der Waals surface area contributed by atoms with E-state index >= 15 is 0 Å². The van der Waals surface area contributed by atoms with Gasteiger partial charge in [-0.15, -0.1) is 6.58 Å². The van der Waals surface area contributed by atoms with Crippen molar-refractivity contribution < 1.29 is 4.79 Å². The highest BCUT2D eigenvalue weighted by atomic mass is 35.5. The van der Waals surface area contributed by atoms with Crippen LogP contribution in [0.15, 0.2) is 54.1 Å². The van der Waals surface area contributed by atoms with Gasteiger partial charge in [-0.3, -0.25) is 18.6 Å². The summed E-state index contributed by atoms with van der Waals surface area (Å²) in [5.74, 6) is -0.119. The van der Waals surface area contributed by atoms with Gasteiger partial charge in [-0.25, -0.2) is 4.98 Å². The zero-order chi connectivity index (χ0) is 20.5. The zero-order valence-corrected chi connectivity index (χ0v) is 17.1. The van der Waals surface area contributed by atoms with Crippen LogP contribution in [0.4, 0.5) is 0 Å². The van der Waals surface area contributed by atoms with Crippen LogP contribution in [0.25, 0.3) is 16.9 Å². The molecule has 1 aliphatic heterocycles. The molecule has 0 N–H and O–H groups in total. The number of aromatic nitrogens is 3. The van der Waals surface area contributed by atoms with E-state index in [0.717, 1.165) is 31.4 Å². The summed E-state index contributed by atoms with van der Waals surface area (Å²) in [6.45, 7) is 6.89. The van der Waals surface area contributed by atoms with Crippen LogP contribution in [0.3, 0.4) is 0 Å². The minimum absolute atomic E-state index is 0.119. The van der Waals surface area contributed by atoms with E-state index in [1.807, 2.05) is 23.1 Å². The van der Waals surface area contributed by atoms with Crippen molar-refractivity contribution in [1.29, 1.82) is 0 Å². The maximum atomic E-state index is 13.2. The molecule has 3 aromatic rings. The molecule has 0 aliphatic carbocycles. The molecular weight excluding hydrogens is 388 g/mol. The predicted molar refractivity (Wildman–Crippen MR) is 114 cm³/mol. The van der Waals surface area contributed by atoms with E-state index in [2.05, 4.69) is 18.5 Å². The van der Waals surface area contributed by atoms with Crippen molar-refractivity contribution >= 4 is 23.2 Å². The van der Waals surface area contributed by atoms with E-state index in [-0.39, 0.29) is 23.2 Å². The number of amides is 1. The number of imidazole rings is 1. The first-order chi connectivity index (χ1) is 14.0. The molecule has 0 spiro atoms. The standard InChI is InChI=1S/C22H23ClN4O2/c1-3-11-27-19(16-9-5-6-10-17(16)23)14-25-13-18(24-20(25)22(27)29)21(28)26-12-7-8-15(26)4-2/h3,5-6,9-10,13-15H,1,4,7-8,11-12H2,2H3/t15-/m0/s1. The second kappa shape index (κ2) is 7.87. The Hall–Kier alpha value is -2.86. The van der Waals surface area contributed by atoms with E-state index in [0.29, 0.717) is 23.0 Å². The summed E-state index contributed by atoms with van der Waals surface area (Å²) in [5, 5.41) is 0.545. The first-order valence-electron chi connectivity index (χ1n) is 9.84. The van der Waals surface area contributed by atoms with Gasteiger partial charge in [0.25, 0.3) is 11.5 Å². The zero-order valence-electron chi connectivity index (χ0n) is 16.3. The van der Waals surface area contributed by atoms with Crippen LogP contribution in [0.5, 0.6) is 0 Å². The highest BCUT2D eigenvalue weighted by Crippen LogP contribution is 2.27. The lowest BCUT2D eigenvalue weighted by Crippen LogP contribution is -2.35. The van der Waals surface area contributed by atoms with E-state index in [9.17, 15) is 9.59 Å². The third-order valence-corrected chi connectivity index (χ3v) is 5.84. The summed E-state index contributed by atoms with van der Waals surface area (Å²) in [4.78, 5) is 32.5. The number of allylic oxidation sites excluding steroid dienone is 1. The van der Waals surface area contributed by atoms with Gasteiger partial charge >= 0.3 is 0 Å². The number of likely N-dealkylation sites (tertiary alicyclic amines) is 1. The van der Waals surface area contributed by atoms with Crippen LogP contribution in [0, 0.1) is 0 Å². The first-order valence-corrected chi connectivity index (χ1v) is 10.2. The summed E-state index contributed by atoms with van der Waals surface area (Å²) >= 11 is 6.38. The van der Waals surface area contributed by atoms with Gasteiger partial charge in [0.1, 0.15) is 5.69 Å². The summed E-state index contributed by atoms with van der Waals surface area (Å²) in [5.41, 5.74) is 1.62. The fourth-order valence-corrected chi connectivity index (χ4v) is 4.29. The summed E-state index contributed by atoms with van der Waals surface area (Å²) in [7, 11) is 0. The van der Waals surface area contributed by atoms with Crippen LogP contribution >= 0.6 is 11.6 Å². The SMILES string of the molecule is C=CCn1c(-c2ccccc2Cl)cn2cc(C(=O)N3CCC[C@@H]3CC)nc2c1=O. The third kappa shape index (κ3) is 3.38. The fourth-order valence-electron chi connectivity index (χ4n) is 4.05. The van der Waals surface area contributed by atoms with Crippen molar-refractivity contribution in [2.24, 2.45) is 0 Å². The highest BCUT2D eigenvalue weighted by molar-refractivity contribution is 6.33. The highest BCUT2D eigenvalue weighted by Gasteiger charge is 2.30. The van der Waals surface area contributed by atoms with Crippen LogP contribution < -0.4 is 5.56 Å². The van der Waals surface area contributed by atoms with Crippen LogP contribution in [0.2, 0.25) is 5.02 Å². The van der Waals surface area contributed by atoms with E-state index in [1.165, 1.54) is 0 Å². The molecule has 7 heteroatoms. The Kier molecular flexibility index (Phi) is 5.28. The van der Waals surface area contributed by atoms with Gasteiger partial charge in [0.15, 0.2) is 0 Å². The minimum Gasteiger partial charge on any atom is -0.334 e. The Balaban J connectivity index is 1.86. The molecular formula is C22H23ClN4O2. The monoisotopic (exact) mass is 410 g/mol. The fraction of sp³-hybridized carbons (Fsp3) is 0.318. The molecule has 1 amide bonds. The molecule has 1 aromatic carbocycles. The lowest BCUT2D eigenvalue weighted by atomic mass is 10.1. The van der Waals surface area contributed by atoms with Gasteiger partial charge in [0.2, 0.25) is 5.65 Å². The minimum atomic E-state index is -0.283. The quantitative estimate of drug-likeness (QED) is 0.597. The van der Waals surface area contributed by atoms with Gasteiger partial charge in [-0.2, -0.15) is 0 Å². The van der Waals surface area contributed by atoms with Gasteiger partial charge < -0.3 is 4.90 Å². The molecule has 29 heavy (non-hydrogen) atoms. The Morgan fingerprint density at radius 2 is 2.14 bits per heavy atom. The molecule has 1 saturated heterocycles. The average molecular weight is 411 g/mol. The average Bonchev–Trinajstić information content (AvgIpc) is 3.37. The molecule has 0 radical (unpaired) electrons. The predicted octanol–water partition coefficient (Wildman–Crippen LogP) is 4.02. The van der Waals surface area contributed by atoms with E-state index in [4.69, 9.17) is 11.6 Å². The summed E-state index contributed by atoms with van der Waals surface area (Å²) < 4.78 is 3.21. The number of hydrogen-bond donors (Lipinski definition) is 0. The van der Waals surface area contributed by atoms with Crippen molar-refractivity contribution in [3.8, 4) is 11.3 Å². The Bertz CT molecular complexity index is 1150. The summed E-state index contributed by atoms with van der Waals surface area (Å²) in [6.07, 6.45) is 8.03. The Morgan fingerprint density at radius 3 is 2.86 bits per heavy atom. The smallest absolute Gasteiger partial charge is 0.295 e. The van der Waals surface area contributed by atoms with Crippen LogP contribution in [-0.2, 0) is 6.54 Å². The largest absolute Gasteiger partial charge is 0.334 e. The molecule has 2 aromatic heterocycles. The maximum Gasteiger partial charge on any atom is 0.295 e. The summed E-state index contributed by atoms with van der Waals surface area (Å²) in [6, 6.07) is 7.60. The number of hydrogen-bond acceptors (Lipinski definition) is 3. The van der Waals surface area contributed by atoms with Gasteiger partial charge in [0, 0.05) is 42.1 Å².